The number of hydrogen-bond donors (Lipinski definition) is 1. The summed E-state index contributed by atoms with van der Waals surface area (Å²) in [6.45, 7) is 15.0. The second-order valence-electron chi connectivity index (χ2n) is 5.33. The van der Waals surface area contributed by atoms with Gasteiger partial charge >= 0.3 is 0 Å². The SMILES string of the molecule is CCC(SC(C)C)N1CCNC(C)(C)C1. The molecule has 2 nitrogen and oxygen atoms in total. The summed E-state index contributed by atoms with van der Waals surface area (Å²) in [6.07, 6.45) is 1.25. The molecule has 0 spiro atoms. The minimum atomic E-state index is 0.281. The van der Waals surface area contributed by atoms with Crippen LogP contribution < -0.4 is 5.32 Å². The predicted molar refractivity (Wildman–Crippen MR) is 70.5 cm³/mol. The first-order valence-electron chi connectivity index (χ1n) is 6.09. The lowest BCUT2D eigenvalue weighted by molar-refractivity contribution is 0.142. The van der Waals surface area contributed by atoms with Crippen LogP contribution in [0.5, 0.6) is 0 Å². The zero-order chi connectivity index (χ0) is 11.5. The molecular formula is C12H26N2S. The van der Waals surface area contributed by atoms with Crippen molar-refractivity contribution in [1.29, 1.82) is 0 Å². The van der Waals surface area contributed by atoms with E-state index in [1.807, 2.05) is 0 Å². The Kier molecular flexibility index (Phi) is 4.94. The summed E-state index contributed by atoms with van der Waals surface area (Å²) in [4.78, 5) is 2.64. The average molecular weight is 230 g/mol. The van der Waals surface area contributed by atoms with E-state index in [0.29, 0.717) is 5.37 Å². The first-order valence-corrected chi connectivity index (χ1v) is 7.03. The number of nitrogens with zero attached hydrogens (tertiary/aromatic N) is 1. The van der Waals surface area contributed by atoms with E-state index in [0.717, 1.165) is 11.8 Å². The van der Waals surface area contributed by atoms with Crippen molar-refractivity contribution in [1.82, 2.24) is 10.2 Å². The highest BCUT2D eigenvalue weighted by Crippen LogP contribution is 2.26. The average Bonchev–Trinajstić information content (AvgIpc) is 2.12. The number of rotatable bonds is 4. The second kappa shape index (κ2) is 5.55. The molecule has 0 aliphatic carbocycles. The fraction of sp³-hybridized carbons (Fsp3) is 1.00. The first-order chi connectivity index (χ1) is 6.94. The fourth-order valence-electron chi connectivity index (χ4n) is 2.18. The summed E-state index contributed by atoms with van der Waals surface area (Å²) in [5, 5.41) is 5.00. The summed E-state index contributed by atoms with van der Waals surface area (Å²) in [6, 6.07) is 0. The monoisotopic (exact) mass is 230 g/mol. The van der Waals surface area contributed by atoms with Gasteiger partial charge in [-0.05, 0) is 20.3 Å². The van der Waals surface area contributed by atoms with E-state index in [1.54, 1.807) is 0 Å². The smallest absolute Gasteiger partial charge is 0.0558 e. The maximum atomic E-state index is 3.57. The zero-order valence-corrected chi connectivity index (χ0v) is 11.7. The molecule has 0 radical (unpaired) electrons. The van der Waals surface area contributed by atoms with Crippen LogP contribution in [-0.4, -0.2) is 40.7 Å². The second-order valence-corrected chi connectivity index (χ2v) is 7.09. The molecule has 0 aromatic rings. The van der Waals surface area contributed by atoms with Gasteiger partial charge in [-0.3, -0.25) is 4.90 Å². The third kappa shape index (κ3) is 4.33. The molecule has 1 atom stereocenters. The van der Waals surface area contributed by atoms with Crippen molar-refractivity contribution in [2.45, 2.75) is 57.2 Å². The quantitative estimate of drug-likeness (QED) is 0.799. The molecule has 1 aliphatic heterocycles. The first kappa shape index (κ1) is 13.3. The maximum absolute atomic E-state index is 3.57. The van der Waals surface area contributed by atoms with Crippen molar-refractivity contribution >= 4 is 11.8 Å². The largest absolute Gasteiger partial charge is 0.309 e. The van der Waals surface area contributed by atoms with Crippen molar-refractivity contribution in [2.24, 2.45) is 0 Å². The fourth-order valence-corrected chi connectivity index (χ4v) is 3.35. The normalized spacial score (nSPS) is 24.4. The van der Waals surface area contributed by atoms with Crippen molar-refractivity contribution < 1.29 is 0 Å². The molecule has 1 fully saturated rings. The van der Waals surface area contributed by atoms with Gasteiger partial charge in [0.05, 0.1) is 5.37 Å². The molecule has 1 heterocycles. The predicted octanol–water partition coefficient (Wildman–Crippen LogP) is 2.55. The minimum absolute atomic E-state index is 0.281. The Morgan fingerprint density at radius 3 is 2.53 bits per heavy atom. The van der Waals surface area contributed by atoms with Gasteiger partial charge in [0.25, 0.3) is 0 Å². The van der Waals surface area contributed by atoms with E-state index in [2.05, 4.69) is 56.6 Å². The van der Waals surface area contributed by atoms with Gasteiger partial charge in [-0.2, -0.15) is 0 Å². The molecule has 0 aromatic carbocycles. The molecular weight excluding hydrogens is 204 g/mol. The minimum Gasteiger partial charge on any atom is -0.309 e. The molecule has 3 heteroatoms. The molecule has 1 rings (SSSR count). The number of thioether (sulfide) groups is 1. The third-order valence-electron chi connectivity index (χ3n) is 2.79. The Balaban J connectivity index is 2.52. The molecule has 15 heavy (non-hydrogen) atoms. The lowest BCUT2D eigenvalue weighted by Crippen LogP contribution is -2.58. The Hall–Kier alpha value is 0.270. The van der Waals surface area contributed by atoms with Crippen molar-refractivity contribution in [2.75, 3.05) is 19.6 Å². The van der Waals surface area contributed by atoms with E-state index in [1.165, 1.54) is 19.5 Å². The van der Waals surface area contributed by atoms with Crippen LogP contribution in [0.25, 0.3) is 0 Å². The van der Waals surface area contributed by atoms with Gasteiger partial charge < -0.3 is 5.32 Å². The third-order valence-corrected chi connectivity index (χ3v) is 4.28. The standard InChI is InChI=1S/C12H26N2S/c1-6-11(15-10(2)3)14-8-7-13-12(4,5)9-14/h10-11,13H,6-9H2,1-5H3. The van der Waals surface area contributed by atoms with Gasteiger partial charge in [0.1, 0.15) is 0 Å². The van der Waals surface area contributed by atoms with Crippen LogP contribution in [0.2, 0.25) is 0 Å². The van der Waals surface area contributed by atoms with Gasteiger partial charge in [0, 0.05) is 30.4 Å². The topological polar surface area (TPSA) is 15.3 Å². The van der Waals surface area contributed by atoms with Crippen molar-refractivity contribution in [3.8, 4) is 0 Å². The van der Waals surface area contributed by atoms with Crippen LogP contribution in [0.3, 0.4) is 0 Å². The molecule has 1 N–H and O–H groups in total. The molecule has 0 aromatic heterocycles. The molecule has 1 unspecified atom stereocenters. The van der Waals surface area contributed by atoms with Crippen molar-refractivity contribution in [3.05, 3.63) is 0 Å². The Bertz CT molecular complexity index is 192. The summed E-state index contributed by atoms with van der Waals surface area (Å²) in [5.41, 5.74) is 0.281. The van der Waals surface area contributed by atoms with Crippen LogP contribution in [0, 0.1) is 0 Å². The molecule has 0 bridgehead atoms. The van der Waals surface area contributed by atoms with Gasteiger partial charge in [0.2, 0.25) is 0 Å². The highest BCUT2D eigenvalue weighted by atomic mass is 32.2. The van der Waals surface area contributed by atoms with Crippen LogP contribution in [0.4, 0.5) is 0 Å². The molecule has 90 valence electrons. The molecule has 0 amide bonds. The van der Waals surface area contributed by atoms with E-state index in [9.17, 15) is 0 Å². The zero-order valence-electron chi connectivity index (χ0n) is 10.8. The van der Waals surface area contributed by atoms with Gasteiger partial charge in [0.15, 0.2) is 0 Å². The van der Waals surface area contributed by atoms with Crippen LogP contribution in [-0.2, 0) is 0 Å². The van der Waals surface area contributed by atoms with E-state index in [4.69, 9.17) is 0 Å². The maximum Gasteiger partial charge on any atom is 0.0558 e. The highest BCUT2D eigenvalue weighted by molar-refractivity contribution is 8.00. The van der Waals surface area contributed by atoms with Crippen molar-refractivity contribution in [3.63, 3.8) is 0 Å². The molecule has 1 saturated heterocycles. The highest BCUT2D eigenvalue weighted by Gasteiger charge is 2.29. The number of nitrogens with one attached hydrogen (secondary N) is 1. The van der Waals surface area contributed by atoms with E-state index >= 15 is 0 Å². The molecule has 0 saturated carbocycles. The van der Waals surface area contributed by atoms with Gasteiger partial charge in [-0.25, -0.2) is 0 Å². The summed E-state index contributed by atoms with van der Waals surface area (Å²) in [5.74, 6) is 0. The van der Waals surface area contributed by atoms with Gasteiger partial charge in [-0.1, -0.05) is 20.8 Å². The lowest BCUT2D eigenvalue weighted by Gasteiger charge is -2.43. The van der Waals surface area contributed by atoms with E-state index in [-0.39, 0.29) is 5.54 Å². The lowest BCUT2D eigenvalue weighted by atomic mass is 10.0. The summed E-state index contributed by atoms with van der Waals surface area (Å²) >= 11 is 2.10. The molecule has 1 aliphatic rings. The Labute approximate surface area is 99.2 Å². The Morgan fingerprint density at radius 2 is 2.07 bits per heavy atom. The summed E-state index contributed by atoms with van der Waals surface area (Å²) < 4.78 is 0. The van der Waals surface area contributed by atoms with Crippen LogP contribution in [0.1, 0.15) is 41.0 Å². The van der Waals surface area contributed by atoms with Crippen LogP contribution >= 0.6 is 11.8 Å². The number of hydrogen-bond acceptors (Lipinski definition) is 3. The summed E-state index contributed by atoms with van der Waals surface area (Å²) in [7, 11) is 0. The number of piperazine rings is 1. The van der Waals surface area contributed by atoms with Gasteiger partial charge in [-0.15, -0.1) is 11.8 Å². The Morgan fingerprint density at radius 1 is 1.40 bits per heavy atom. The van der Waals surface area contributed by atoms with Crippen LogP contribution in [0.15, 0.2) is 0 Å². The van der Waals surface area contributed by atoms with E-state index < -0.39 is 0 Å².